The van der Waals surface area contributed by atoms with Crippen LogP contribution in [0.5, 0.6) is 11.5 Å². The third-order valence-corrected chi connectivity index (χ3v) is 4.90. The summed E-state index contributed by atoms with van der Waals surface area (Å²) < 4.78 is 24.2. The van der Waals surface area contributed by atoms with Crippen molar-refractivity contribution in [2.75, 3.05) is 19.1 Å². The number of carbonyl (C=O) groups excluding carboxylic acids is 1. The molecule has 128 valence electrons. The van der Waals surface area contributed by atoms with E-state index in [1.54, 1.807) is 26.4 Å². The van der Waals surface area contributed by atoms with E-state index in [9.17, 15) is 9.18 Å². The average Bonchev–Trinajstić information content (AvgIpc) is 2.89. The van der Waals surface area contributed by atoms with E-state index in [0.29, 0.717) is 32.0 Å². The SMILES string of the molecule is COc1cccc(C=C2SC(=S)N(c3ccc(F)cc3)C2=O)c1OC. The molecular formula is C18H14FNO3S2. The molecule has 0 aromatic heterocycles. The number of hydrogen-bond acceptors (Lipinski definition) is 5. The molecule has 25 heavy (non-hydrogen) atoms. The Bertz CT molecular complexity index is 865. The first-order chi connectivity index (χ1) is 12.0. The molecule has 7 heteroatoms. The molecule has 4 nitrogen and oxygen atoms in total. The molecule has 1 fully saturated rings. The number of nitrogens with zero attached hydrogens (tertiary/aromatic N) is 1. The lowest BCUT2D eigenvalue weighted by Gasteiger charge is -2.14. The molecule has 1 saturated heterocycles. The quantitative estimate of drug-likeness (QED) is 0.590. The molecule has 0 spiro atoms. The third kappa shape index (κ3) is 3.38. The largest absolute Gasteiger partial charge is 0.493 e. The van der Waals surface area contributed by atoms with Crippen molar-refractivity contribution in [1.82, 2.24) is 0 Å². The molecule has 1 amide bonds. The minimum absolute atomic E-state index is 0.258. The summed E-state index contributed by atoms with van der Waals surface area (Å²) in [4.78, 5) is 14.6. The topological polar surface area (TPSA) is 38.8 Å². The number of halogens is 1. The number of rotatable bonds is 4. The average molecular weight is 375 g/mol. The number of methoxy groups -OCH3 is 2. The number of thiocarbonyl (C=S) groups is 1. The van der Waals surface area contributed by atoms with Crippen LogP contribution in [0, 0.1) is 5.82 Å². The number of carbonyl (C=O) groups is 1. The van der Waals surface area contributed by atoms with Crippen molar-refractivity contribution in [1.29, 1.82) is 0 Å². The molecular weight excluding hydrogens is 361 g/mol. The summed E-state index contributed by atoms with van der Waals surface area (Å²) in [6.07, 6.45) is 1.71. The lowest BCUT2D eigenvalue weighted by molar-refractivity contribution is -0.113. The molecule has 0 N–H and O–H groups in total. The zero-order valence-corrected chi connectivity index (χ0v) is 15.1. The van der Waals surface area contributed by atoms with Crippen LogP contribution in [-0.4, -0.2) is 24.4 Å². The number of para-hydroxylation sites is 1. The predicted octanol–water partition coefficient (Wildman–Crippen LogP) is 4.25. The summed E-state index contributed by atoms with van der Waals surface area (Å²) in [5.41, 5.74) is 1.24. The first kappa shape index (κ1) is 17.4. The van der Waals surface area contributed by atoms with Crippen LogP contribution in [-0.2, 0) is 4.79 Å². The monoisotopic (exact) mass is 375 g/mol. The van der Waals surface area contributed by atoms with Gasteiger partial charge in [0, 0.05) is 5.56 Å². The fraction of sp³-hybridized carbons (Fsp3) is 0.111. The van der Waals surface area contributed by atoms with E-state index < -0.39 is 0 Å². The van der Waals surface area contributed by atoms with Gasteiger partial charge in [-0.3, -0.25) is 9.69 Å². The van der Waals surface area contributed by atoms with Crippen LogP contribution in [0.15, 0.2) is 47.4 Å². The number of hydrogen-bond donors (Lipinski definition) is 0. The third-order valence-electron chi connectivity index (χ3n) is 3.60. The Morgan fingerprint density at radius 2 is 1.84 bits per heavy atom. The fourth-order valence-electron chi connectivity index (χ4n) is 2.45. The Hall–Kier alpha value is -2.38. The van der Waals surface area contributed by atoms with Gasteiger partial charge in [0.1, 0.15) is 5.82 Å². The molecule has 2 aromatic rings. The van der Waals surface area contributed by atoms with Gasteiger partial charge in [-0.2, -0.15) is 0 Å². The van der Waals surface area contributed by atoms with Crippen molar-refractivity contribution in [3.63, 3.8) is 0 Å². The molecule has 0 aliphatic carbocycles. The van der Waals surface area contributed by atoms with E-state index in [-0.39, 0.29) is 11.7 Å². The molecule has 1 aliphatic rings. The standard InChI is InChI=1S/C18H14FNO3S2/c1-22-14-5-3-4-11(16(14)23-2)10-15-17(21)20(18(24)25-15)13-8-6-12(19)7-9-13/h3-10H,1-2H3. The molecule has 0 atom stereocenters. The smallest absolute Gasteiger partial charge is 0.270 e. The number of benzene rings is 2. The highest BCUT2D eigenvalue weighted by Gasteiger charge is 2.33. The normalized spacial score (nSPS) is 15.8. The number of anilines is 1. The number of ether oxygens (including phenoxy) is 2. The van der Waals surface area contributed by atoms with Crippen molar-refractivity contribution < 1.29 is 18.7 Å². The molecule has 0 radical (unpaired) electrons. The number of amides is 1. The Labute approximate surface area is 154 Å². The summed E-state index contributed by atoms with van der Waals surface area (Å²) in [6, 6.07) is 11.1. The van der Waals surface area contributed by atoms with Crippen LogP contribution in [0.3, 0.4) is 0 Å². The van der Waals surface area contributed by atoms with Crippen LogP contribution in [0.2, 0.25) is 0 Å². The molecule has 0 bridgehead atoms. The van der Waals surface area contributed by atoms with E-state index in [1.807, 2.05) is 12.1 Å². The lowest BCUT2D eigenvalue weighted by atomic mass is 10.1. The highest BCUT2D eigenvalue weighted by Crippen LogP contribution is 2.39. The maximum absolute atomic E-state index is 13.1. The highest BCUT2D eigenvalue weighted by atomic mass is 32.2. The molecule has 0 unspecified atom stereocenters. The van der Waals surface area contributed by atoms with Crippen LogP contribution in [0.4, 0.5) is 10.1 Å². The minimum atomic E-state index is -0.370. The first-order valence-electron chi connectivity index (χ1n) is 7.29. The van der Waals surface area contributed by atoms with Crippen LogP contribution in [0.1, 0.15) is 5.56 Å². The minimum Gasteiger partial charge on any atom is -0.493 e. The molecule has 3 rings (SSSR count). The Morgan fingerprint density at radius 3 is 2.48 bits per heavy atom. The summed E-state index contributed by atoms with van der Waals surface area (Å²) in [5, 5.41) is 0. The summed E-state index contributed by atoms with van der Waals surface area (Å²) in [5.74, 6) is 0.486. The highest BCUT2D eigenvalue weighted by molar-refractivity contribution is 8.27. The molecule has 2 aromatic carbocycles. The van der Waals surface area contributed by atoms with E-state index in [0.717, 1.165) is 0 Å². The van der Waals surface area contributed by atoms with Crippen molar-refractivity contribution in [2.45, 2.75) is 0 Å². The summed E-state index contributed by atoms with van der Waals surface area (Å²) >= 11 is 6.50. The zero-order valence-electron chi connectivity index (χ0n) is 13.5. The van der Waals surface area contributed by atoms with Crippen molar-refractivity contribution in [3.8, 4) is 11.5 Å². The second kappa shape index (κ2) is 7.25. The van der Waals surface area contributed by atoms with Gasteiger partial charge in [-0.05, 0) is 36.4 Å². The summed E-state index contributed by atoms with van der Waals surface area (Å²) in [7, 11) is 3.09. The van der Waals surface area contributed by atoms with Crippen molar-refractivity contribution >= 4 is 46.0 Å². The lowest BCUT2D eigenvalue weighted by Crippen LogP contribution is -2.27. The Balaban J connectivity index is 1.97. The van der Waals surface area contributed by atoms with Gasteiger partial charge < -0.3 is 9.47 Å². The van der Waals surface area contributed by atoms with Gasteiger partial charge in [-0.1, -0.05) is 36.1 Å². The maximum Gasteiger partial charge on any atom is 0.270 e. The van der Waals surface area contributed by atoms with E-state index >= 15 is 0 Å². The van der Waals surface area contributed by atoms with Crippen LogP contribution < -0.4 is 14.4 Å². The van der Waals surface area contributed by atoms with Crippen molar-refractivity contribution in [3.05, 3.63) is 58.8 Å². The van der Waals surface area contributed by atoms with Gasteiger partial charge in [0.25, 0.3) is 5.91 Å². The Morgan fingerprint density at radius 1 is 1.12 bits per heavy atom. The zero-order chi connectivity index (χ0) is 18.0. The summed E-state index contributed by atoms with van der Waals surface area (Å²) in [6.45, 7) is 0. The fourth-order valence-corrected chi connectivity index (χ4v) is 3.74. The van der Waals surface area contributed by atoms with E-state index in [2.05, 4.69) is 0 Å². The van der Waals surface area contributed by atoms with Gasteiger partial charge in [0.2, 0.25) is 0 Å². The van der Waals surface area contributed by atoms with Gasteiger partial charge in [0.05, 0.1) is 24.8 Å². The van der Waals surface area contributed by atoms with Crippen LogP contribution >= 0.6 is 24.0 Å². The van der Waals surface area contributed by atoms with E-state index in [4.69, 9.17) is 21.7 Å². The molecule has 1 aliphatic heterocycles. The Kier molecular flexibility index (Phi) is 5.06. The van der Waals surface area contributed by atoms with Gasteiger partial charge >= 0.3 is 0 Å². The first-order valence-corrected chi connectivity index (χ1v) is 8.52. The second-order valence-electron chi connectivity index (χ2n) is 5.08. The predicted molar refractivity (Wildman–Crippen MR) is 102 cm³/mol. The molecule has 0 saturated carbocycles. The second-order valence-corrected chi connectivity index (χ2v) is 6.75. The van der Waals surface area contributed by atoms with Crippen LogP contribution in [0.25, 0.3) is 6.08 Å². The van der Waals surface area contributed by atoms with Gasteiger partial charge in [0.15, 0.2) is 15.8 Å². The maximum atomic E-state index is 13.1. The van der Waals surface area contributed by atoms with Gasteiger partial charge in [-0.15, -0.1) is 0 Å². The van der Waals surface area contributed by atoms with E-state index in [1.165, 1.54) is 40.9 Å². The van der Waals surface area contributed by atoms with Crippen molar-refractivity contribution in [2.24, 2.45) is 0 Å². The van der Waals surface area contributed by atoms with Gasteiger partial charge in [-0.25, -0.2) is 4.39 Å². The number of thioether (sulfide) groups is 1. The molecule has 1 heterocycles.